The molecule has 0 atom stereocenters. The van der Waals surface area contributed by atoms with Gasteiger partial charge in [0.2, 0.25) is 0 Å². The van der Waals surface area contributed by atoms with E-state index in [2.05, 4.69) is 0 Å². The normalized spacial score (nSPS) is 10.0. The maximum atomic E-state index is 10.5. The fraction of sp³-hybridized carbons (Fsp3) is 0. The summed E-state index contributed by atoms with van der Waals surface area (Å²) in [5.74, 6) is 0. The maximum Gasteiger partial charge on any atom is 0.160 e. The fourth-order valence-corrected chi connectivity index (χ4v) is 2.57. The van der Waals surface area contributed by atoms with Gasteiger partial charge in [-0.3, -0.25) is 9.59 Å². The predicted octanol–water partition coefficient (Wildman–Crippen LogP) is 3.10. The first-order valence-corrected chi connectivity index (χ1v) is 5.67. The lowest BCUT2D eigenvalue weighted by molar-refractivity contribution is 0.111. The van der Waals surface area contributed by atoms with E-state index in [4.69, 9.17) is 0 Å². The molecule has 2 aromatic rings. The largest absolute Gasteiger partial charge is 0.297 e. The van der Waals surface area contributed by atoms with Crippen LogP contribution in [0.4, 0.5) is 0 Å². The van der Waals surface area contributed by atoms with Gasteiger partial charge in [-0.15, -0.1) is 22.7 Å². The molecule has 14 heavy (non-hydrogen) atoms. The number of aldehydes is 2. The molecule has 0 aliphatic carbocycles. The van der Waals surface area contributed by atoms with E-state index in [-0.39, 0.29) is 0 Å². The highest BCUT2D eigenvalue weighted by Gasteiger charge is 2.04. The summed E-state index contributed by atoms with van der Waals surface area (Å²) in [6.45, 7) is 0. The number of hydrogen-bond donors (Lipinski definition) is 0. The lowest BCUT2D eigenvalue weighted by Gasteiger charge is -1.86. The van der Waals surface area contributed by atoms with Crippen molar-refractivity contribution in [2.24, 2.45) is 0 Å². The molecule has 0 aliphatic heterocycles. The Morgan fingerprint density at radius 3 is 1.57 bits per heavy atom. The van der Waals surface area contributed by atoms with E-state index in [9.17, 15) is 9.59 Å². The van der Waals surface area contributed by atoms with Crippen LogP contribution in [-0.2, 0) is 0 Å². The van der Waals surface area contributed by atoms with Crippen molar-refractivity contribution in [1.82, 2.24) is 0 Å². The number of rotatable bonds is 3. The average Bonchev–Trinajstić information content (AvgIpc) is 2.86. The summed E-state index contributed by atoms with van der Waals surface area (Å²) < 4.78 is 0. The van der Waals surface area contributed by atoms with Gasteiger partial charge in [-0.25, -0.2) is 0 Å². The summed E-state index contributed by atoms with van der Waals surface area (Å²) >= 11 is 2.82. The third kappa shape index (κ3) is 1.66. The maximum absolute atomic E-state index is 10.5. The first kappa shape index (κ1) is 9.30. The zero-order chi connectivity index (χ0) is 9.97. The summed E-state index contributed by atoms with van der Waals surface area (Å²) in [4.78, 5) is 22.4. The average molecular weight is 222 g/mol. The molecular formula is C10H6O2S2. The third-order valence-electron chi connectivity index (χ3n) is 1.81. The van der Waals surface area contributed by atoms with Crippen molar-refractivity contribution in [2.45, 2.75) is 0 Å². The lowest BCUT2D eigenvalue weighted by atomic mass is 10.2. The second-order valence-corrected chi connectivity index (χ2v) is 4.60. The van der Waals surface area contributed by atoms with Crippen molar-refractivity contribution in [2.75, 3.05) is 0 Å². The Morgan fingerprint density at radius 1 is 0.857 bits per heavy atom. The van der Waals surface area contributed by atoms with Crippen molar-refractivity contribution < 1.29 is 9.59 Å². The second kappa shape index (κ2) is 3.86. The molecule has 0 aliphatic rings. The molecule has 0 radical (unpaired) electrons. The van der Waals surface area contributed by atoms with Crippen LogP contribution in [0.15, 0.2) is 22.9 Å². The molecule has 2 aromatic heterocycles. The van der Waals surface area contributed by atoms with E-state index < -0.39 is 0 Å². The molecule has 0 saturated carbocycles. The highest BCUT2D eigenvalue weighted by atomic mass is 32.1. The van der Waals surface area contributed by atoms with E-state index in [1.165, 1.54) is 22.7 Å². The molecule has 0 spiro atoms. The molecule has 70 valence electrons. The van der Waals surface area contributed by atoms with Gasteiger partial charge < -0.3 is 0 Å². The van der Waals surface area contributed by atoms with Gasteiger partial charge in [-0.2, -0.15) is 0 Å². The van der Waals surface area contributed by atoms with E-state index in [0.717, 1.165) is 23.7 Å². The van der Waals surface area contributed by atoms with Crippen LogP contribution in [0.5, 0.6) is 0 Å². The minimum atomic E-state index is 0.707. The van der Waals surface area contributed by atoms with Crippen LogP contribution in [0.1, 0.15) is 19.3 Å². The molecule has 2 rings (SSSR count). The van der Waals surface area contributed by atoms with Gasteiger partial charge in [0.15, 0.2) is 12.6 Å². The van der Waals surface area contributed by atoms with Crippen LogP contribution in [0.25, 0.3) is 11.1 Å². The van der Waals surface area contributed by atoms with Crippen LogP contribution >= 0.6 is 22.7 Å². The Kier molecular flexibility index (Phi) is 2.56. The zero-order valence-corrected chi connectivity index (χ0v) is 8.73. The summed E-state index contributed by atoms with van der Waals surface area (Å²) in [5.41, 5.74) is 2.00. The minimum Gasteiger partial charge on any atom is -0.297 e. The predicted molar refractivity (Wildman–Crippen MR) is 58.4 cm³/mol. The molecule has 0 fully saturated rings. The number of hydrogen-bond acceptors (Lipinski definition) is 4. The second-order valence-electron chi connectivity index (χ2n) is 2.71. The molecule has 0 aromatic carbocycles. The quantitative estimate of drug-likeness (QED) is 0.748. The first-order valence-electron chi connectivity index (χ1n) is 3.91. The van der Waals surface area contributed by atoms with E-state index in [1.807, 2.05) is 22.9 Å². The van der Waals surface area contributed by atoms with Crippen LogP contribution in [0.2, 0.25) is 0 Å². The Labute approximate surface area is 88.8 Å². The van der Waals surface area contributed by atoms with Gasteiger partial charge in [0.05, 0.1) is 9.75 Å². The van der Waals surface area contributed by atoms with Crippen molar-refractivity contribution >= 4 is 35.2 Å². The van der Waals surface area contributed by atoms with Crippen LogP contribution in [0, 0.1) is 0 Å². The Balaban J connectivity index is 2.38. The molecule has 0 unspecified atom stereocenters. The Morgan fingerprint density at radius 2 is 1.29 bits per heavy atom. The molecule has 0 bridgehead atoms. The summed E-state index contributed by atoms with van der Waals surface area (Å²) in [6, 6.07) is 3.66. The molecule has 4 heteroatoms. The van der Waals surface area contributed by atoms with Crippen molar-refractivity contribution in [1.29, 1.82) is 0 Å². The Hall–Kier alpha value is -1.26. The van der Waals surface area contributed by atoms with Gasteiger partial charge in [0.1, 0.15) is 0 Å². The van der Waals surface area contributed by atoms with Gasteiger partial charge in [-0.1, -0.05) is 0 Å². The number of thiophene rings is 2. The number of carbonyl (C=O) groups is 2. The van der Waals surface area contributed by atoms with Crippen molar-refractivity contribution in [3.05, 3.63) is 32.6 Å². The van der Waals surface area contributed by atoms with Gasteiger partial charge in [0.25, 0.3) is 0 Å². The SMILES string of the molecule is O=Cc1cc(-c2csc(C=O)c2)cs1. The van der Waals surface area contributed by atoms with E-state index in [1.54, 1.807) is 0 Å². The molecule has 0 amide bonds. The smallest absolute Gasteiger partial charge is 0.160 e. The van der Waals surface area contributed by atoms with Gasteiger partial charge >= 0.3 is 0 Å². The monoisotopic (exact) mass is 222 g/mol. The van der Waals surface area contributed by atoms with Crippen LogP contribution in [0.3, 0.4) is 0 Å². The molecular weight excluding hydrogens is 216 g/mol. The van der Waals surface area contributed by atoms with Crippen molar-refractivity contribution in [3.8, 4) is 11.1 Å². The van der Waals surface area contributed by atoms with E-state index >= 15 is 0 Å². The highest BCUT2D eigenvalue weighted by molar-refractivity contribution is 7.13. The van der Waals surface area contributed by atoms with Gasteiger partial charge in [-0.05, 0) is 34.0 Å². The fourth-order valence-electron chi connectivity index (χ4n) is 1.13. The molecule has 0 N–H and O–H groups in total. The zero-order valence-electron chi connectivity index (χ0n) is 7.10. The molecule has 0 saturated heterocycles. The summed E-state index contributed by atoms with van der Waals surface area (Å²) in [5, 5.41) is 3.83. The summed E-state index contributed by atoms with van der Waals surface area (Å²) in [6.07, 6.45) is 1.67. The first-order chi connectivity index (χ1) is 6.83. The van der Waals surface area contributed by atoms with Gasteiger partial charge in [0, 0.05) is 0 Å². The molecule has 2 nitrogen and oxygen atoms in total. The molecule has 2 heterocycles. The highest BCUT2D eigenvalue weighted by Crippen LogP contribution is 2.28. The third-order valence-corrected chi connectivity index (χ3v) is 3.52. The van der Waals surface area contributed by atoms with Crippen LogP contribution in [-0.4, -0.2) is 12.6 Å². The standard InChI is InChI=1S/C10H6O2S2/c11-3-9-1-7(5-13-9)8-2-10(4-12)14-6-8/h1-6H. The van der Waals surface area contributed by atoms with Crippen molar-refractivity contribution in [3.63, 3.8) is 0 Å². The number of carbonyl (C=O) groups excluding carboxylic acids is 2. The lowest BCUT2D eigenvalue weighted by Crippen LogP contribution is -1.69. The topological polar surface area (TPSA) is 34.1 Å². The Bertz CT molecular complexity index is 424. The minimum absolute atomic E-state index is 0.707. The van der Waals surface area contributed by atoms with Crippen LogP contribution < -0.4 is 0 Å². The van der Waals surface area contributed by atoms with E-state index in [0.29, 0.717) is 9.75 Å². The summed E-state index contributed by atoms with van der Waals surface area (Å²) in [7, 11) is 0.